The molecule has 2 heterocycles. The number of para-hydroxylation sites is 1. The lowest BCUT2D eigenvalue weighted by molar-refractivity contribution is 0.155. The molecule has 3 nitrogen and oxygen atoms in total. The maximum Gasteiger partial charge on any atom is 0.0805 e. The molecule has 0 bridgehead atoms. The molecular formula is C26H30N2O. The molecule has 0 fully saturated rings. The van der Waals surface area contributed by atoms with Crippen LogP contribution in [-0.2, 0) is 4.74 Å². The van der Waals surface area contributed by atoms with E-state index >= 15 is 0 Å². The summed E-state index contributed by atoms with van der Waals surface area (Å²) in [6.45, 7) is 11.6. The number of aryl methyl sites for hydroxylation is 4. The van der Waals surface area contributed by atoms with Gasteiger partial charge in [-0.05, 0) is 56.9 Å². The molecule has 0 aliphatic heterocycles. The third-order valence-corrected chi connectivity index (χ3v) is 6.05. The number of benzene rings is 2. The van der Waals surface area contributed by atoms with Crippen LogP contribution in [0.25, 0.3) is 32.9 Å². The van der Waals surface area contributed by atoms with E-state index in [0.29, 0.717) is 12.6 Å². The normalized spacial score (nSPS) is 12.8. The van der Waals surface area contributed by atoms with Gasteiger partial charge in [-0.2, -0.15) is 0 Å². The number of pyridine rings is 1. The van der Waals surface area contributed by atoms with Crippen molar-refractivity contribution in [3.05, 3.63) is 65.0 Å². The Labute approximate surface area is 173 Å². The average Bonchev–Trinajstić information content (AvgIpc) is 3.12. The Bertz CT molecular complexity index is 1180. The first-order valence-electron chi connectivity index (χ1n) is 10.4. The largest absolute Gasteiger partial charge is 0.383 e. The quantitative estimate of drug-likeness (QED) is 0.382. The summed E-state index contributed by atoms with van der Waals surface area (Å²) in [4.78, 5) is 5.08. The minimum Gasteiger partial charge on any atom is -0.383 e. The lowest BCUT2D eigenvalue weighted by Crippen LogP contribution is -2.13. The zero-order valence-electron chi connectivity index (χ0n) is 18.3. The smallest absolute Gasteiger partial charge is 0.0805 e. The van der Waals surface area contributed by atoms with Gasteiger partial charge in [-0.1, -0.05) is 42.8 Å². The fourth-order valence-electron chi connectivity index (χ4n) is 4.80. The maximum absolute atomic E-state index is 5.51. The first-order valence-corrected chi connectivity index (χ1v) is 10.4. The van der Waals surface area contributed by atoms with E-state index in [1.165, 1.54) is 44.1 Å². The number of rotatable bonds is 5. The van der Waals surface area contributed by atoms with Crippen LogP contribution in [0.4, 0.5) is 0 Å². The second-order valence-electron chi connectivity index (χ2n) is 8.18. The van der Waals surface area contributed by atoms with Crippen molar-refractivity contribution < 1.29 is 4.74 Å². The number of hydrogen-bond donors (Lipinski definition) is 0. The summed E-state index contributed by atoms with van der Waals surface area (Å²) in [6, 6.07) is 13.6. The number of nitrogens with zero attached hydrogens (tertiary/aromatic N) is 2. The second-order valence-corrected chi connectivity index (χ2v) is 8.18. The molecule has 0 saturated carbocycles. The first-order chi connectivity index (χ1) is 14.0. The summed E-state index contributed by atoms with van der Waals surface area (Å²) in [5, 5.41) is 2.43. The highest BCUT2D eigenvalue weighted by Crippen LogP contribution is 2.37. The van der Waals surface area contributed by atoms with Gasteiger partial charge in [0.1, 0.15) is 0 Å². The fraction of sp³-hybridized carbons (Fsp3) is 0.346. The predicted octanol–water partition coefficient (Wildman–Crippen LogP) is 6.69. The van der Waals surface area contributed by atoms with Gasteiger partial charge in [-0.15, -0.1) is 0 Å². The van der Waals surface area contributed by atoms with Crippen molar-refractivity contribution in [3.63, 3.8) is 0 Å². The predicted molar refractivity (Wildman–Crippen MR) is 123 cm³/mol. The summed E-state index contributed by atoms with van der Waals surface area (Å²) < 4.78 is 7.89. The van der Waals surface area contributed by atoms with Gasteiger partial charge in [0.15, 0.2) is 0 Å². The summed E-state index contributed by atoms with van der Waals surface area (Å²) in [5.41, 5.74) is 9.85. The number of ether oxygens (including phenoxy) is 1. The number of fused-ring (bicyclic) bond motifs is 3. The highest BCUT2D eigenvalue weighted by molar-refractivity contribution is 6.10. The van der Waals surface area contributed by atoms with Gasteiger partial charge in [-0.3, -0.25) is 4.98 Å². The maximum atomic E-state index is 5.51. The summed E-state index contributed by atoms with van der Waals surface area (Å²) >= 11 is 0. The van der Waals surface area contributed by atoms with E-state index in [1.807, 2.05) is 0 Å². The summed E-state index contributed by atoms with van der Waals surface area (Å²) in [7, 11) is 1.78. The van der Waals surface area contributed by atoms with Gasteiger partial charge < -0.3 is 9.30 Å². The topological polar surface area (TPSA) is 27.1 Å². The molecule has 0 saturated heterocycles. The lowest BCUT2D eigenvalue weighted by Gasteiger charge is -2.20. The van der Waals surface area contributed by atoms with Crippen molar-refractivity contribution in [3.8, 4) is 11.1 Å². The minimum atomic E-state index is 0.314. The zero-order chi connectivity index (χ0) is 20.7. The molecule has 2 aromatic carbocycles. The number of aromatic nitrogens is 2. The Kier molecular flexibility index (Phi) is 5.18. The van der Waals surface area contributed by atoms with Crippen LogP contribution in [0.2, 0.25) is 0 Å². The molecule has 4 aromatic rings. The number of methoxy groups -OCH3 is 1. The van der Waals surface area contributed by atoms with Gasteiger partial charge in [0.25, 0.3) is 0 Å². The molecule has 0 spiro atoms. The van der Waals surface area contributed by atoms with Crippen molar-refractivity contribution in [1.29, 1.82) is 0 Å². The summed E-state index contributed by atoms with van der Waals surface area (Å²) in [5.74, 6) is 0. The molecule has 0 amide bonds. The molecule has 1 unspecified atom stereocenters. The van der Waals surface area contributed by atoms with Crippen LogP contribution in [-0.4, -0.2) is 23.3 Å². The fourth-order valence-corrected chi connectivity index (χ4v) is 4.80. The third kappa shape index (κ3) is 3.24. The van der Waals surface area contributed by atoms with Crippen LogP contribution < -0.4 is 0 Å². The zero-order valence-corrected chi connectivity index (χ0v) is 18.3. The monoisotopic (exact) mass is 386 g/mol. The van der Waals surface area contributed by atoms with Gasteiger partial charge >= 0.3 is 0 Å². The van der Waals surface area contributed by atoms with Crippen LogP contribution in [0.3, 0.4) is 0 Å². The van der Waals surface area contributed by atoms with E-state index in [9.17, 15) is 0 Å². The molecule has 0 N–H and O–H groups in total. The van der Waals surface area contributed by atoms with Crippen molar-refractivity contribution in [2.75, 3.05) is 13.7 Å². The van der Waals surface area contributed by atoms with Crippen LogP contribution in [0, 0.1) is 27.7 Å². The molecular weight excluding hydrogens is 356 g/mol. The minimum absolute atomic E-state index is 0.314. The van der Waals surface area contributed by atoms with Gasteiger partial charge in [0.05, 0.1) is 23.7 Å². The SMILES string of the molecule is CCC(COC)n1ccc2c(C)nc3c(-c4c(C)cc(C)cc4C)cccc3c21. The first kappa shape index (κ1) is 19.7. The van der Waals surface area contributed by atoms with E-state index in [4.69, 9.17) is 9.72 Å². The van der Waals surface area contributed by atoms with E-state index in [0.717, 1.165) is 17.6 Å². The molecule has 0 aliphatic rings. The van der Waals surface area contributed by atoms with Crippen molar-refractivity contribution in [1.82, 2.24) is 9.55 Å². The van der Waals surface area contributed by atoms with Crippen LogP contribution in [0.15, 0.2) is 42.6 Å². The van der Waals surface area contributed by atoms with Crippen LogP contribution >= 0.6 is 0 Å². The number of hydrogen-bond acceptors (Lipinski definition) is 2. The molecule has 0 radical (unpaired) electrons. The van der Waals surface area contributed by atoms with Crippen molar-refractivity contribution in [2.45, 2.75) is 47.1 Å². The Hall–Kier alpha value is -2.65. The highest BCUT2D eigenvalue weighted by Gasteiger charge is 2.18. The summed E-state index contributed by atoms with van der Waals surface area (Å²) in [6.07, 6.45) is 3.22. The van der Waals surface area contributed by atoms with E-state index in [1.54, 1.807) is 7.11 Å². The van der Waals surface area contributed by atoms with E-state index < -0.39 is 0 Å². The molecule has 4 rings (SSSR count). The molecule has 2 aromatic heterocycles. The van der Waals surface area contributed by atoms with Gasteiger partial charge in [0, 0.05) is 35.3 Å². The van der Waals surface area contributed by atoms with Gasteiger partial charge in [0.2, 0.25) is 0 Å². The second kappa shape index (κ2) is 7.64. The van der Waals surface area contributed by atoms with E-state index in [2.05, 4.69) is 81.8 Å². The molecule has 29 heavy (non-hydrogen) atoms. The third-order valence-electron chi connectivity index (χ3n) is 6.05. The van der Waals surface area contributed by atoms with Gasteiger partial charge in [-0.25, -0.2) is 0 Å². The average molecular weight is 387 g/mol. The lowest BCUT2D eigenvalue weighted by atomic mass is 9.92. The Morgan fingerprint density at radius 3 is 2.38 bits per heavy atom. The van der Waals surface area contributed by atoms with Crippen molar-refractivity contribution >= 4 is 21.8 Å². The molecule has 0 aliphatic carbocycles. The molecule has 150 valence electrons. The van der Waals surface area contributed by atoms with E-state index in [-0.39, 0.29) is 0 Å². The standard InChI is InChI=1S/C26H30N2O/c1-7-20(15-29-6)28-12-11-21-19(5)27-25-22(9-8-10-23(25)26(21)28)24-17(3)13-16(2)14-18(24)4/h8-14,20H,7,15H2,1-6H3. The Morgan fingerprint density at radius 2 is 1.72 bits per heavy atom. The van der Waals surface area contributed by atoms with Crippen molar-refractivity contribution in [2.24, 2.45) is 0 Å². The molecule has 1 atom stereocenters. The van der Waals surface area contributed by atoms with Crippen LogP contribution in [0.5, 0.6) is 0 Å². The Balaban J connectivity index is 2.08. The highest BCUT2D eigenvalue weighted by atomic mass is 16.5. The molecule has 3 heteroatoms. The van der Waals surface area contributed by atoms with Crippen LogP contribution in [0.1, 0.15) is 41.8 Å². The Morgan fingerprint density at radius 1 is 1.00 bits per heavy atom.